The molecule has 0 aliphatic heterocycles. The van der Waals surface area contributed by atoms with Crippen molar-refractivity contribution in [1.82, 2.24) is 0 Å². The van der Waals surface area contributed by atoms with E-state index in [4.69, 9.17) is 9.47 Å². The van der Waals surface area contributed by atoms with Crippen molar-refractivity contribution in [2.24, 2.45) is 23.7 Å². The fourth-order valence-corrected chi connectivity index (χ4v) is 4.55. The van der Waals surface area contributed by atoms with Crippen molar-refractivity contribution in [2.75, 3.05) is 13.2 Å². The van der Waals surface area contributed by atoms with E-state index in [1.807, 2.05) is 6.08 Å². The second kappa shape index (κ2) is 10.3. The second-order valence-corrected chi connectivity index (χ2v) is 8.62. The third kappa shape index (κ3) is 5.48. The average molecular weight is 393 g/mol. The number of benzene rings is 1. The van der Waals surface area contributed by atoms with Crippen LogP contribution in [0.4, 0.5) is 8.78 Å². The van der Waals surface area contributed by atoms with Gasteiger partial charge in [0.2, 0.25) is 11.6 Å². The maximum atomic E-state index is 14.4. The molecule has 1 aromatic rings. The first-order valence-electron chi connectivity index (χ1n) is 11.0. The number of rotatable bonds is 8. The van der Waals surface area contributed by atoms with Gasteiger partial charge in [0.25, 0.3) is 0 Å². The maximum absolute atomic E-state index is 14.4. The van der Waals surface area contributed by atoms with Crippen LogP contribution in [-0.2, 0) is 0 Å². The number of halogens is 2. The van der Waals surface area contributed by atoms with Gasteiger partial charge < -0.3 is 9.47 Å². The molecule has 0 amide bonds. The van der Waals surface area contributed by atoms with E-state index in [1.54, 1.807) is 0 Å². The minimum absolute atomic E-state index is 0.00560. The lowest BCUT2D eigenvalue weighted by molar-refractivity contribution is 0.172. The van der Waals surface area contributed by atoms with Crippen molar-refractivity contribution in [1.29, 1.82) is 0 Å². The summed E-state index contributed by atoms with van der Waals surface area (Å²) >= 11 is 0. The lowest BCUT2D eigenvalue weighted by Gasteiger charge is -2.27. The van der Waals surface area contributed by atoms with Crippen molar-refractivity contribution in [3.63, 3.8) is 0 Å². The van der Waals surface area contributed by atoms with Crippen molar-refractivity contribution >= 4 is 0 Å². The quantitative estimate of drug-likeness (QED) is 0.447. The van der Waals surface area contributed by atoms with Crippen LogP contribution in [0.25, 0.3) is 0 Å². The van der Waals surface area contributed by atoms with Gasteiger partial charge in [-0.25, -0.2) is 0 Å². The van der Waals surface area contributed by atoms with Crippen LogP contribution in [-0.4, -0.2) is 13.2 Å². The zero-order valence-electron chi connectivity index (χ0n) is 17.1. The van der Waals surface area contributed by atoms with Crippen LogP contribution in [0.2, 0.25) is 0 Å². The van der Waals surface area contributed by atoms with E-state index >= 15 is 0 Å². The number of allylic oxidation sites excluding steroid dienone is 1. The van der Waals surface area contributed by atoms with Gasteiger partial charge in [-0.2, -0.15) is 8.78 Å². The van der Waals surface area contributed by atoms with Crippen LogP contribution in [0.1, 0.15) is 64.7 Å². The third-order valence-electron chi connectivity index (χ3n) is 6.73. The van der Waals surface area contributed by atoms with Gasteiger partial charge in [0, 0.05) is 0 Å². The second-order valence-electron chi connectivity index (χ2n) is 8.62. The molecule has 0 spiro atoms. The molecule has 156 valence electrons. The molecule has 2 saturated carbocycles. The molecule has 0 N–H and O–H groups in total. The SMILES string of the molecule is C=CC1CCC(COc2ccc(OCC3CCC(CC)CC3)c(F)c2F)CC1. The van der Waals surface area contributed by atoms with Crippen LogP contribution in [0.15, 0.2) is 24.8 Å². The Morgan fingerprint density at radius 1 is 0.821 bits per heavy atom. The molecular weight excluding hydrogens is 358 g/mol. The van der Waals surface area contributed by atoms with E-state index < -0.39 is 11.6 Å². The highest BCUT2D eigenvalue weighted by Crippen LogP contribution is 2.34. The number of ether oxygens (including phenoxy) is 2. The van der Waals surface area contributed by atoms with Crippen molar-refractivity contribution in [3.05, 3.63) is 36.4 Å². The molecule has 3 rings (SSSR count). The molecule has 2 fully saturated rings. The van der Waals surface area contributed by atoms with Crippen molar-refractivity contribution in [3.8, 4) is 11.5 Å². The summed E-state index contributed by atoms with van der Waals surface area (Å²) in [4.78, 5) is 0. The molecule has 4 heteroatoms. The molecule has 2 aliphatic rings. The zero-order chi connectivity index (χ0) is 19.9. The lowest BCUT2D eigenvalue weighted by atomic mass is 9.81. The molecule has 0 unspecified atom stereocenters. The van der Waals surface area contributed by atoms with E-state index in [2.05, 4.69) is 13.5 Å². The number of hydrogen-bond acceptors (Lipinski definition) is 2. The fourth-order valence-electron chi connectivity index (χ4n) is 4.55. The summed E-state index contributed by atoms with van der Waals surface area (Å²) in [5, 5.41) is 0. The first kappa shape index (κ1) is 21.1. The molecule has 1 aromatic carbocycles. The highest BCUT2D eigenvalue weighted by atomic mass is 19.2. The van der Waals surface area contributed by atoms with Gasteiger partial charge in [0.1, 0.15) is 0 Å². The van der Waals surface area contributed by atoms with E-state index in [0.29, 0.717) is 31.0 Å². The van der Waals surface area contributed by atoms with Gasteiger partial charge in [0.15, 0.2) is 11.5 Å². The lowest BCUT2D eigenvalue weighted by Crippen LogP contribution is -2.20. The summed E-state index contributed by atoms with van der Waals surface area (Å²) in [5.41, 5.74) is 0. The smallest absolute Gasteiger partial charge is 0.204 e. The van der Waals surface area contributed by atoms with E-state index in [-0.39, 0.29) is 11.5 Å². The molecule has 0 saturated heterocycles. The van der Waals surface area contributed by atoms with Gasteiger partial charge in [-0.15, -0.1) is 6.58 Å². The van der Waals surface area contributed by atoms with Crippen LogP contribution in [0.3, 0.4) is 0 Å². The first-order chi connectivity index (χ1) is 13.6. The minimum atomic E-state index is -0.938. The van der Waals surface area contributed by atoms with Gasteiger partial charge in [-0.3, -0.25) is 0 Å². The van der Waals surface area contributed by atoms with E-state index in [1.165, 1.54) is 31.4 Å². The normalized spacial score (nSPS) is 28.0. The van der Waals surface area contributed by atoms with Crippen molar-refractivity contribution < 1.29 is 18.3 Å². The summed E-state index contributed by atoms with van der Waals surface area (Å²) in [5.74, 6) is 0.336. The molecule has 0 heterocycles. The molecule has 0 bridgehead atoms. The van der Waals surface area contributed by atoms with E-state index in [0.717, 1.165) is 44.4 Å². The average Bonchev–Trinajstić information content (AvgIpc) is 2.75. The van der Waals surface area contributed by atoms with Gasteiger partial charge in [-0.1, -0.05) is 32.3 Å². The minimum Gasteiger partial charge on any atom is -0.490 e. The first-order valence-corrected chi connectivity index (χ1v) is 11.0. The maximum Gasteiger partial charge on any atom is 0.204 e. The fraction of sp³-hybridized carbons (Fsp3) is 0.667. The summed E-state index contributed by atoms with van der Waals surface area (Å²) in [6.45, 7) is 6.97. The molecular formula is C24H34F2O2. The van der Waals surface area contributed by atoms with Crippen LogP contribution in [0, 0.1) is 35.3 Å². The standard InChI is InChI=1S/C24H34F2O2/c1-3-17-5-9-19(10-6-17)15-27-21-13-14-22(24(26)23(21)25)28-16-20-11-7-18(4-2)8-12-20/h3,13-14,17-20H,1,4-12,15-16H2,2H3. The molecule has 0 radical (unpaired) electrons. The molecule has 0 aromatic heterocycles. The van der Waals surface area contributed by atoms with Crippen molar-refractivity contribution in [2.45, 2.75) is 64.7 Å². The largest absolute Gasteiger partial charge is 0.490 e. The Balaban J connectivity index is 1.48. The Labute approximate surface area is 168 Å². The van der Waals surface area contributed by atoms with Gasteiger partial charge in [-0.05, 0) is 74.3 Å². The van der Waals surface area contributed by atoms with Gasteiger partial charge >= 0.3 is 0 Å². The topological polar surface area (TPSA) is 18.5 Å². The van der Waals surface area contributed by atoms with E-state index in [9.17, 15) is 8.78 Å². The molecule has 2 aliphatic carbocycles. The zero-order valence-corrected chi connectivity index (χ0v) is 17.1. The monoisotopic (exact) mass is 392 g/mol. The Bertz CT molecular complexity index is 630. The number of hydrogen-bond donors (Lipinski definition) is 0. The molecule has 2 nitrogen and oxygen atoms in total. The molecule has 28 heavy (non-hydrogen) atoms. The summed E-state index contributed by atoms with van der Waals surface area (Å²) < 4.78 is 40.0. The Hall–Kier alpha value is -1.58. The predicted molar refractivity (Wildman–Crippen MR) is 109 cm³/mol. The highest BCUT2D eigenvalue weighted by Gasteiger charge is 2.23. The van der Waals surface area contributed by atoms with Crippen LogP contribution in [0.5, 0.6) is 11.5 Å². The summed E-state index contributed by atoms with van der Waals surface area (Å²) in [7, 11) is 0. The predicted octanol–water partition coefficient (Wildman–Crippen LogP) is 6.93. The molecule has 0 atom stereocenters. The van der Waals surface area contributed by atoms with Crippen LogP contribution < -0.4 is 9.47 Å². The Morgan fingerprint density at radius 2 is 1.25 bits per heavy atom. The summed E-state index contributed by atoms with van der Waals surface area (Å²) in [6, 6.07) is 3.00. The van der Waals surface area contributed by atoms with Gasteiger partial charge in [0.05, 0.1) is 13.2 Å². The Kier molecular flexibility index (Phi) is 7.75. The third-order valence-corrected chi connectivity index (χ3v) is 6.73. The highest BCUT2D eigenvalue weighted by molar-refractivity contribution is 5.35. The summed E-state index contributed by atoms with van der Waals surface area (Å²) in [6.07, 6.45) is 12.2. The Morgan fingerprint density at radius 3 is 1.68 bits per heavy atom. The van der Waals surface area contributed by atoms with Crippen LogP contribution >= 0.6 is 0 Å².